The second kappa shape index (κ2) is 10.5. The van der Waals surface area contributed by atoms with E-state index in [1.54, 1.807) is 18.3 Å². The average Bonchev–Trinajstić information content (AvgIpc) is 3.69. The number of hydrogen-bond acceptors (Lipinski definition) is 6. The summed E-state index contributed by atoms with van der Waals surface area (Å²) in [5.41, 5.74) is 5.98. The van der Waals surface area contributed by atoms with Gasteiger partial charge in [0, 0.05) is 24.2 Å². The number of imidazole rings is 1. The van der Waals surface area contributed by atoms with E-state index in [0.29, 0.717) is 23.3 Å². The van der Waals surface area contributed by atoms with Crippen LogP contribution < -0.4 is 5.32 Å². The first-order chi connectivity index (χ1) is 17.6. The van der Waals surface area contributed by atoms with E-state index in [0.717, 1.165) is 66.0 Å². The molecule has 0 amide bonds. The zero-order valence-corrected chi connectivity index (χ0v) is 21.7. The molecule has 4 aromatic rings. The maximum absolute atomic E-state index is 10.0. The van der Waals surface area contributed by atoms with E-state index in [4.69, 9.17) is 9.97 Å². The number of pyridine rings is 2. The molecule has 0 bridgehead atoms. The second-order valence-electron chi connectivity index (χ2n) is 10.0. The highest BCUT2D eigenvalue weighted by molar-refractivity contribution is 5.85. The summed E-state index contributed by atoms with van der Waals surface area (Å²) < 4.78 is 2.41. The third-order valence-corrected chi connectivity index (χ3v) is 7.45. The lowest BCUT2D eigenvalue weighted by Gasteiger charge is -2.28. The van der Waals surface area contributed by atoms with Gasteiger partial charge in [0.15, 0.2) is 0 Å². The van der Waals surface area contributed by atoms with E-state index >= 15 is 0 Å². The summed E-state index contributed by atoms with van der Waals surface area (Å²) in [5, 5.41) is 22.6. The van der Waals surface area contributed by atoms with E-state index in [1.807, 2.05) is 0 Å². The van der Waals surface area contributed by atoms with E-state index in [2.05, 4.69) is 58.2 Å². The normalized spacial score (nSPS) is 19.3. The molecule has 37 heavy (non-hydrogen) atoms. The monoisotopic (exact) mass is 514 g/mol. The van der Waals surface area contributed by atoms with Gasteiger partial charge in [0.25, 0.3) is 0 Å². The lowest BCUT2D eigenvalue weighted by Crippen LogP contribution is -2.22. The first kappa shape index (κ1) is 25.2. The van der Waals surface area contributed by atoms with Gasteiger partial charge in [0.2, 0.25) is 0 Å². The Balaban J connectivity index is 0.00000280. The molecule has 2 N–H and O–H groups in total. The number of anilines is 2. The van der Waals surface area contributed by atoms with E-state index in [1.165, 1.54) is 18.4 Å². The van der Waals surface area contributed by atoms with Crippen molar-refractivity contribution in [2.75, 3.05) is 5.32 Å². The molecule has 7 nitrogen and oxygen atoms in total. The van der Waals surface area contributed by atoms with Crippen molar-refractivity contribution in [1.29, 1.82) is 5.26 Å². The van der Waals surface area contributed by atoms with E-state index in [-0.39, 0.29) is 18.5 Å². The van der Waals surface area contributed by atoms with Crippen molar-refractivity contribution in [3.63, 3.8) is 0 Å². The first-order valence-corrected chi connectivity index (χ1v) is 13.0. The van der Waals surface area contributed by atoms with Gasteiger partial charge in [-0.25, -0.2) is 15.0 Å². The standard InChI is InChI=1S/C29H30N6O.ClH/c1-2-29-33-24-10-5-20(15-26(24)35(29)22-6-8-23(36)9-7-22)25-14-21(19-3-4-19)16-28(32-25)34-27-13-18(17-30)11-12-31-27;/h5,10-16,19,22-23,36H,2-4,6-9H2,1H3,(H,31,32,34);1H/t22-,23-;. The van der Waals surface area contributed by atoms with Crippen LogP contribution >= 0.6 is 12.4 Å². The van der Waals surface area contributed by atoms with Gasteiger partial charge in [-0.15, -0.1) is 12.4 Å². The molecule has 8 heteroatoms. The van der Waals surface area contributed by atoms with Gasteiger partial charge in [-0.05, 0) is 86.4 Å². The minimum atomic E-state index is -0.180. The summed E-state index contributed by atoms with van der Waals surface area (Å²) in [6.07, 6.45) is 8.36. The largest absolute Gasteiger partial charge is 0.393 e. The van der Waals surface area contributed by atoms with Gasteiger partial charge in [0.1, 0.15) is 17.5 Å². The maximum atomic E-state index is 10.0. The second-order valence-corrected chi connectivity index (χ2v) is 10.0. The van der Waals surface area contributed by atoms with Crippen molar-refractivity contribution in [3.8, 4) is 17.3 Å². The predicted molar refractivity (Wildman–Crippen MR) is 147 cm³/mol. The van der Waals surface area contributed by atoms with Crippen LogP contribution in [0.2, 0.25) is 0 Å². The number of nitrogens with one attached hydrogen (secondary N) is 1. The average molecular weight is 515 g/mol. The topological polar surface area (TPSA) is 99.7 Å². The van der Waals surface area contributed by atoms with Gasteiger partial charge in [-0.3, -0.25) is 0 Å². The van der Waals surface area contributed by atoms with Gasteiger partial charge in [-0.2, -0.15) is 5.26 Å². The third-order valence-electron chi connectivity index (χ3n) is 7.45. The number of rotatable bonds is 6. The summed E-state index contributed by atoms with van der Waals surface area (Å²) in [6.45, 7) is 2.16. The van der Waals surface area contributed by atoms with Crippen LogP contribution in [0.25, 0.3) is 22.3 Å². The summed E-state index contributed by atoms with van der Waals surface area (Å²) in [4.78, 5) is 14.3. The smallest absolute Gasteiger partial charge is 0.132 e. The lowest BCUT2D eigenvalue weighted by molar-refractivity contribution is 0.111. The van der Waals surface area contributed by atoms with Crippen LogP contribution in [0.4, 0.5) is 11.6 Å². The molecule has 190 valence electrons. The van der Waals surface area contributed by atoms with Crippen molar-refractivity contribution < 1.29 is 5.11 Å². The number of halogens is 1. The molecule has 3 heterocycles. The first-order valence-electron chi connectivity index (χ1n) is 13.0. The van der Waals surface area contributed by atoms with Crippen molar-refractivity contribution >= 4 is 35.1 Å². The molecule has 6 rings (SSSR count). The fraction of sp³-hybridized carbons (Fsp3) is 0.379. The molecule has 3 aromatic heterocycles. The number of fused-ring (bicyclic) bond motifs is 1. The summed E-state index contributed by atoms with van der Waals surface area (Å²) >= 11 is 0. The highest BCUT2D eigenvalue weighted by Crippen LogP contribution is 2.42. The van der Waals surface area contributed by atoms with Crippen molar-refractivity contribution in [2.45, 2.75) is 69.9 Å². The Morgan fingerprint density at radius 1 is 1.00 bits per heavy atom. The van der Waals surface area contributed by atoms with Crippen LogP contribution in [0.15, 0.2) is 48.7 Å². The Hall–Kier alpha value is -3.47. The Morgan fingerprint density at radius 3 is 2.54 bits per heavy atom. The molecular formula is C29H31ClN6O. The molecule has 0 atom stereocenters. The van der Waals surface area contributed by atoms with Crippen LogP contribution in [0.1, 0.15) is 74.4 Å². The van der Waals surface area contributed by atoms with Gasteiger partial charge >= 0.3 is 0 Å². The Labute approximate surface area is 223 Å². The van der Waals surface area contributed by atoms with Crippen molar-refractivity contribution in [1.82, 2.24) is 19.5 Å². The number of aliphatic hydroxyl groups is 1. The Bertz CT molecular complexity index is 1460. The predicted octanol–water partition coefficient (Wildman–Crippen LogP) is 6.45. The van der Waals surface area contributed by atoms with Crippen LogP contribution in [-0.4, -0.2) is 30.7 Å². The van der Waals surface area contributed by atoms with E-state index in [9.17, 15) is 10.4 Å². The molecule has 0 radical (unpaired) electrons. The summed E-state index contributed by atoms with van der Waals surface area (Å²) in [7, 11) is 0. The number of benzene rings is 1. The molecule has 2 saturated carbocycles. The minimum Gasteiger partial charge on any atom is -0.393 e. The van der Waals surface area contributed by atoms with E-state index < -0.39 is 0 Å². The van der Waals surface area contributed by atoms with Gasteiger partial charge < -0.3 is 15.0 Å². The molecule has 2 aliphatic carbocycles. The summed E-state index contributed by atoms with van der Waals surface area (Å²) in [5.74, 6) is 3.02. The molecule has 2 fully saturated rings. The number of aromatic nitrogens is 4. The molecule has 0 aliphatic heterocycles. The quantitative estimate of drug-likeness (QED) is 0.307. The number of aliphatic hydroxyl groups excluding tert-OH is 1. The molecule has 0 saturated heterocycles. The van der Waals surface area contributed by atoms with Crippen LogP contribution in [0.3, 0.4) is 0 Å². The Morgan fingerprint density at radius 2 is 1.81 bits per heavy atom. The molecule has 0 spiro atoms. The number of nitriles is 1. The molecule has 1 aromatic carbocycles. The minimum absolute atomic E-state index is 0. The van der Waals surface area contributed by atoms with Crippen LogP contribution in [-0.2, 0) is 6.42 Å². The molecule has 2 aliphatic rings. The lowest BCUT2D eigenvalue weighted by atomic mass is 9.92. The van der Waals surface area contributed by atoms with Crippen LogP contribution in [0, 0.1) is 11.3 Å². The van der Waals surface area contributed by atoms with Crippen LogP contribution in [0.5, 0.6) is 0 Å². The van der Waals surface area contributed by atoms with Gasteiger partial charge in [0.05, 0.1) is 34.5 Å². The number of hydrogen-bond donors (Lipinski definition) is 2. The summed E-state index contributed by atoms with van der Waals surface area (Å²) in [6, 6.07) is 16.7. The van der Waals surface area contributed by atoms with Crippen molar-refractivity contribution in [2.24, 2.45) is 0 Å². The zero-order chi connectivity index (χ0) is 24.6. The molecule has 0 unspecified atom stereocenters. The fourth-order valence-electron chi connectivity index (χ4n) is 5.39. The maximum Gasteiger partial charge on any atom is 0.132 e. The third kappa shape index (κ3) is 5.18. The fourth-order valence-corrected chi connectivity index (χ4v) is 5.39. The van der Waals surface area contributed by atoms with Gasteiger partial charge in [-0.1, -0.05) is 13.0 Å². The highest BCUT2D eigenvalue weighted by Gasteiger charge is 2.26. The Kier molecular flexibility index (Phi) is 7.14. The SMILES string of the molecule is CCc1nc2ccc(-c3cc(C4CC4)cc(Nc4cc(C#N)ccn4)n3)cc2n1[C@H]1CC[C@H](O)CC1.Cl. The zero-order valence-electron chi connectivity index (χ0n) is 20.9. The highest BCUT2D eigenvalue weighted by atomic mass is 35.5. The number of nitrogens with zero attached hydrogens (tertiary/aromatic N) is 5. The number of aryl methyl sites for hydroxylation is 1. The van der Waals surface area contributed by atoms with Crippen molar-refractivity contribution in [3.05, 3.63) is 65.6 Å². The molecular weight excluding hydrogens is 484 g/mol.